The van der Waals surface area contributed by atoms with Crippen LogP contribution in [0.4, 0.5) is 0 Å². The van der Waals surface area contributed by atoms with Crippen molar-refractivity contribution in [3.63, 3.8) is 0 Å². The summed E-state index contributed by atoms with van der Waals surface area (Å²) in [5.41, 5.74) is 0.868. The molecule has 0 aromatic carbocycles. The monoisotopic (exact) mass is 305 g/mol. The van der Waals surface area contributed by atoms with Crippen molar-refractivity contribution in [3.8, 4) is 10.6 Å². The van der Waals surface area contributed by atoms with E-state index in [0.717, 1.165) is 5.56 Å². The average molecular weight is 305 g/mol. The Morgan fingerprint density at radius 3 is 2.52 bits per heavy atom. The van der Waals surface area contributed by atoms with Gasteiger partial charge in [0.05, 0.1) is 6.20 Å². The molecular weight excluding hydrogens is 290 g/mol. The summed E-state index contributed by atoms with van der Waals surface area (Å²) in [4.78, 5) is 31.7. The van der Waals surface area contributed by atoms with Gasteiger partial charge in [0.1, 0.15) is 15.9 Å². The first-order chi connectivity index (χ1) is 9.99. The van der Waals surface area contributed by atoms with Crippen molar-refractivity contribution in [2.45, 2.75) is 19.9 Å². The molecule has 1 atom stereocenters. The van der Waals surface area contributed by atoms with Crippen LogP contribution in [0.5, 0.6) is 0 Å². The number of nitrogens with one attached hydrogen (secondary N) is 1. The van der Waals surface area contributed by atoms with Crippen LogP contribution >= 0.6 is 11.3 Å². The van der Waals surface area contributed by atoms with Crippen molar-refractivity contribution in [3.05, 3.63) is 35.6 Å². The van der Waals surface area contributed by atoms with E-state index in [2.05, 4.69) is 15.3 Å². The van der Waals surface area contributed by atoms with E-state index in [0.29, 0.717) is 9.88 Å². The number of aliphatic carboxylic acids is 1. The molecule has 0 radical (unpaired) electrons. The first-order valence-electron chi connectivity index (χ1n) is 6.39. The lowest BCUT2D eigenvalue weighted by Gasteiger charge is -2.17. The molecule has 0 unspecified atom stereocenters. The largest absolute Gasteiger partial charge is 0.480 e. The molecule has 7 heteroatoms. The Kier molecular flexibility index (Phi) is 4.64. The fraction of sp³-hybridized carbons (Fsp3) is 0.286. The number of carboxylic acids is 1. The second-order valence-corrected chi connectivity index (χ2v) is 5.83. The SMILES string of the molecule is CC(C)[C@@H](NC(=O)c1cnc(-c2ccncc2)s1)C(=O)O. The van der Waals surface area contributed by atoms with Crippen LogP contribution in [-0.4, -0.2) is 33.0 Å². The van der Waals surface area contributed by atoms with Crippen LogP contribution < -0.4 is 5.32 Å². The maximum Gasteiger partial charge on any atom is 0.326 e. The van der Waals surface area contributed by atoms with Gasteiger partial charge in [0.2, 0.25) is 0 Å². The Morgan fingerprint density at radius 2 is 1.95 bits per heavy atom. The summed E-state index contributed by atoms with van der Waals surface area (Å²) in [5.74, 6) is -1.66. The van der Waals surface area contributed by atoms with Crippen LogP contribution in [0.15, 0.2) is 30.7 Å². The number of rotatable bonds is 5. The third-order valence-electron chi connectivity index (χ3n) is 2.88. The molecule has 2 N–H and O–H groups in total. The van der Waals surface area contributed by atoms with Crippen LogP contribution in [0, 0.1) is 5.92 Å². The number of nitrogens with zero attached hydrogens (tertiary/aromatic N) is 2. The molecule has 0 bridgehead atoms. The van der Waals surface area contributed by atoms with Gasteiger partial charge in [0, 0.05) is 18.0 Å². The molecular formula is C14H15N3O3S. The van der Waals surface area contributed by atoms with Gasteiger partial charge in [-0.1, -0.05) is 13.8 Å². The summed E-state index contributed by atoms with van der Waals surface area (Å²) in [7, 11) is 0. The van der Waals surface area contributed by atoms with Crippen LogP contribution in [-0.2, 0) is 4.79 Å². The lowest BCUT2D eigenvalue weighted by molar-refractivity contribution is -0.140. The molecule has 0 aliphatic heterocycles. The highest BCUT2D eigenvalue weighted by atomic mass is 32.1. The van der Waals surface area contributed by atoms with Gasteiger partial charge >= 0.3 is 5.97 Å². The minimum atomic E-state index is -1.04. The highest BCUT2D eigenvalue weighted by Gasteiger charge is 2.24. The zero-order valence-corrected chi connectivity index (χ0v) is 12.4. The Morgan fingerprint density at radius 1 is 1.29 bits per heavy atom. The highest BCUT2D eigenvalue weighted by Crippen LogP contribution is 2.24. The van der Waals surface area contributed by atoms with Crippen LogP contribution in [0.25, 0.3) is 10.6 Å². The summed E-state index contributed by atoms with van der Waals surface area (Å²) in [5, 5.41) is 12.3. The lowest BCUT2D eigenvalue weighted by atomic mass is 10.0. The molecule has 0 saturated heterocycles. The van der Waals surface area contributed by atoms with E-state index >= 15 is 0 Å². The minimum absolute atomic E-state index is 0.195. The smallest absolute Gasteiger partial charge is 0.326 e. The van der Waals surface area contributed by atoms with Crippen LogP contribution in [0.1, 0.15) is 23.5 Å². The number of aromatic nitrogens is 2. The number of amides is 1. The van der Waals surface area contributed by atoms with E-state index in [1.165, 1.54) is 17.5 Å². The van der Waals surface area contributed by atoms with Gasteiger partial charge in [-0.15, -0.1) is 11.3 Å². The lowest BCUT2D eigenvalue weighted by Crippen LogP contribution is -2.44. The molecule has 0 aliphatic carbocycles. The molecule has 2 rings (SSSR count). The van der Waals surface area contributed by atoms with E-state index in [4.69, 9.17) is 5.11 Å². The quantitative estimate of drug-likeness (QED) is 0.882. The van der Waals surface area contributed by atoms with E-state index in [9.17, 15) is 9.59 Å². The first kappa shape index (κ1) is 15.1. The molecule has 0 saturated carbocycles. The summed E-state index contributed by atoms with van der Waals surface area (Å²) < 4.78 is 0. The zero-order chi connectivity index (χ0) is 15.4. The Bertz CT molecular complexity index is 640. The second-order valence-electron chi connectivity index (χ2n) is 4.80. The predicted molar refractivity (Wildman–Crippen MR) is 79.1 cm³/mol. The third kappa shape index (κ3) is 3.63. The normalized spacial score (nSPS) is 12.1. The molecule has 2 heterocycles. The van der Waals surface area contributed by atoms with E-state index in [-0.39, 0.29) is 5.92 Å². The molecule has 1 amide bonds. The summed E-state index contributed by atoms with van der Waals surface area (Å²) in [6, 6.07) is 2.69. The van der Waals surface area contributed by atoms with Crippen molar-refractivity contribution >= 4 is 23.2 Å². The molecule has 21 heavy (non-hydrogen) atoms. The van der Waals surface area contributed by atoms with Crippen molar-refractivity contribution in [2.75, 3.05) is 0 Å². The first-order valence-corrected chi connectivity index (χ1v) is 7.20. The van der Waals surface area contributed by atoms with E-state index < -0.39 is 17.9 Å². The maximum atomic E-state index is 12.1. The van der Waals surface area contributed by atoms with Crippen molar-refractivity contribution in [1.82, 2.24) is 15.3 Å². The number of hydrogen-bond acceptors (Lipinski definition) is 5. The maximum absolute atomic E-state index is 12.1. The highest BCUT2D eigenvalue weighted by molar-refractivity contribution is 7.16. The number of carboxylic acid groups (broad SMARTS) is 1. The van der Waals surface area contributed by atoms with Gasteiger partial charge in [-0.05, 0) is 18.1 Å². The van der Waals surface area contributed by atoms with Gasteiger partial charge in [-0.3, -0.25) is 9.78 Å². The molecule has 2 aromatic heterocycles. The molecule has 6 nitrogen and oxygen atoms in total. The van der Waals surface area contributed by atoms with Crippen LogP contribution in [0.3, 0.4) is 0 Å². The van der Waals surface area contributed by atoms with Crippen molar-refractivity contribution < 1.29 is 14.7 Å². The second kappa shape index (κ2) is 6.45. The van der Waals surface area contributed by atoms with Crippen LogP contribution in [0.2, 0.25) is 0 Å². The van der Waals surface area contributed by atoms with Gasteiger partial charge in [0.15, 0.2) is 0 Å². The number of thiazole rings is 1. The molecule has 2 aromatic rings. The van der Waals surface area contributed by atoms with Gasteiger partial charge in [-0.25, -0.2) is 9.78 Å². The molecule has 110 valence electrons. The third-order valence-corrected chi connectivity index (χ3v) is 3.92. The summed E-state index contributed by atoms with van der Waals surface area (Å²) in [6.07, 6.45) is 4.75. The van der Waals surface area contributed by atoms with Crippen molar-refractivity contribution in [1.29, 1.82) is 0 Å². The van der Waals surface area contributed by atoms with E-state index in [1.807, 2.05) is 0 Å². The fourth-order valence-corrected chi connectivity index (χ4v) is 2.56. The molecule has 0 aliphatic rings. The average Bonchev–Trinajstić information content (AvgIpc) is 2.94. The Balaban J connectivity index is 2.14. The van der Waals surface area contributed by atoms with E-state index in [1.54, 1.807) is 38.4 Å². The minimum Gasteiger partial charge on any atom is -0.480 e. The summed E-state index contributed by atoms with van der Waals surface area (Å²) >= 11 is 1.22. The van der Waals surface area contributed by atoms with Gasteiger partial charge in [0.25, 0.3) is 5.91 Å². The van der Waals surface area contributed by atoms with Gasteiger partial charge in [-0.2, -0.15) is 0 Å². The summed E-state index contributed by atoms with van der Waals surface area (Å²) in [6.45, 7) is 3.49. The van der Waals surface area contributed by atoms with Gasteiger partial charge < -0.3 is 10.4 Å². The fourth-order valence-electron chi connectivity index (χ4n) is 1.73. The number of carbonyl (C=O) groups excluding carboxylic acids is 1. The molecule has 0 fully saturated rings. The predicted octanol–water partition coefficient (Wildman–Crippen LogP) is 2.04. The zero-order valence-electron chi connectivity index (χ0n) is 11.6. The molecule has 0 spiro atoms. The number of carbonyl (C=O) groups is 2. The number of pyridine rings is 1. The van der Waals surface area contributed by atoms with Crippen molar-refractivity contribution in [2.24, 2.45) is 5.92 Å². The topological polar surface area (TPSA) is 92.2 Å². The Labute approximate surface area is 125 Å². The Hall–Kier alpha value is -2.28. The number of hydrogen-bond donors (Lipinski definition) is 2. The standard InChI is InChI=1S/C14H15N3O3S/c1-8(2)11(14(19)20)17-12(18)10-7-16-13(21-10)9-3-5-15-6-4-9/h3-8,11H,1-2H3,(H,17,18)(H,19,20)/t11-/m1/s1.